The first-order valence-corrected chi connectivity index (χ1v) is 9.02. The second-order valence-electron chi connectivity index (χ2n) is 6.77. The van der Waals surface area contributed by atoms with E-state index < -0.39 is 0 Å². The van der Waals surface area contributed by atoms with Crippen LogP contribution in [0.1, 0.15) is 23.7 Å². The highest BCUT2D eigenvalue weighted by Crippen LogP contribution is 2.34. The summed E-state index contributed by atoms with van der Waals surface area (Å²) in [6.45, 7) is 2.54. The molecule has 3 aromatic rings. The first kappa shape index (κ1) is 18.0. The summed E-state index contributed by atoms with van der Waals surface area (Å²) >= 11 is 0. The van der Waals surface area contributed by atoms with E-state index in [1.165, 1.54) is 0 Å². The summed E-state index contributed by atoms with van der Waals surface area (Å²) in [6, 6.07) is 13.3. The molecule has 2 aromatic carbocycles. The second-order valence-corrected chi connectivity index (χ2v) is 6.77. The smallest absolute Gasteiger partial charge is 0.258 e. The number of benzene rings is 2. The van der Waals surface area contributed by atoms with Crippen molar-refractivity contribution in [2.75, 3.05) is 25.7 Å². The van der Waals surface area contributed by atoms with Crippen LogP contribution in [0.4, 0.5) is 5.69 Å². The molecule has 1 saturated heterocycles. The van der Waals surface area contributed by atoms with Crippen molar-refractivity contribution in [3.63, 3.8) is 0 Å². The number of nitrogens with zero attached hydrogens (tertiary/aromatic N) is 3. The van der Waals surface area contributed by atoms with Crippen molar-refractivity contribution >= 4 is 11.6 Å². The molecule has 0 N–H and O–H groups in total. The molecule has 0 aliphatic carbocycles. The zero-order chi connectivity index (χ0) is 19.7. The Hall–Kier alpha value is -3.35. The van der Waals surface area contributed by atoms with Crippen LogP contribution in [0.3, 0.4) is 0 Å². The number of rotatable bonds is 5. The molecule has 1 aromatic heterocycles. The Kier molecular flexibility index (Phi) is 4.73. The minimum Gasteiger partial charge on any atom is -0.493 e. The number of carbonyl (C=O) groups excluding carboxylic acids is 1. The van der Waals surface area contributed by atoms with Gasteiger partial charge in [0.05, 0.1) is 14.2 Å². The third-order valence-corrected chi connectivity index (χ3v) is 4.88. The predicted molar refractivity (Wildman–Crippen MR) is 104 cm³/mol. The normalized spacial score (nSPS) is 16.5. The monoisotopic (exact) mass is 379 g/mol. The Labute approximate surface area is 162 Å². The third kappa shape index (κ3) is 3.31. The topological polar surface area (TPSA) is 77.7 Å². The highest BCUT2D eigenvalue weighted by molar-refractivity contribution is 5.96. The van der Waals surface area contributed by atoms with Gasteiger partial charge >= 0.3 is 0 Å². The molecule has 4 rings (SSSR count). The van der Waals surface area contributed by atoms with Crippen molar-refractivity contribution in [2.45, 2.75) is 19.3 Å². The van der Waals surface area contributed by atoms with E-state index in [1.807, 2.05) is 37.3 Å². The quantitative estimate of drug-likeness (QED) is 0.674. The third-order valence-electron chi connectivity index (χ3n) is 4.88. The van der Waals surface area contributed by atoms with Crippen molar-refractivity contribution in [2.24, 2.45) is 0 Å². The zero-order valence-corrected chi connectivity index (χ0v) is 16.0. The fourth-order valence-corrected chi connectivity index (χ4v) is 3.41. The summed E-state index contributed by atoms with van der Waals surface area (Å²) in [5.41, 5.74) is 2.75. The molecule has 1 unspecified atom stereocenters. The minimum absolute atomic E-state index is 0.0630. The fraction of sp³-hybridized carbons (Fsp3) is 0.286. The van der Waals surface area contributed by atoms with Crippen LogP contribution in [0.25, 0.3) is 11.5 Å². The van der Waals surface area contributed by atoms with Crippen LogP contribution in [0.5, 0.6) is 11.5 Å². The molecule has 1 atom stereocenters. The van der Waals surface area contributed by atoms with E-state index >= 15 is 0 Å². The SMILES string of the molecule is COc1ccc(-c2nc(C3CC(=O)N(c4cccc(C)c4)C3)no2)cc1OC. The van der Waals surface area contributed by atoms with Crippen molar-refractivity contribution < 1.29 is 18.8 Å². The lowest BCUT2D eigenvalue weighted by atomic mass is 10.1. The molecule has 0 radical (unpaired) electrons. The molecule has 0 bridgehead atoms. The number of methoxy groups -OCH3 is 2. The molecular weight excluding hydrogens is 358 g/mol. The van der Waals surface area contributed by atoms with Gasteiger partial charge in [-0.2, -0.15) is 4.98 Å². The van der Waals surface area contributed by atoms with Gasteiger partial charge in [0, 0.05) is 30.1 Å². The molecule has 7 nitrogen and oxygen atoms in total. The summed E-state index contributed by atoms with van der Waals surface area (Å²) in [4.78, 5) is 18.8. The van der Waals surface area contributed by atoms with Crippen LogP contribution in [0.2, 0.25) is 0 Å². The highest BCUT2D eigenvalue weighted by Gasteiger charge is 2.34. The molecule has 0 spiro atoms. The lowest BCUT2D eigenvalue weighted by Crippen LogP contribution is -2.24. The molecule has 1 aliphatic heterocycles. The van der Waals surface area contributed by atoms with Crippen molar-refractivity contribution in [1.29, 1.82) is 0 Å². The van der Waals surface area contributed by atoms with Crippen LogP contribution in [-0.2, 0) is 4.79 Å². The summed E-state index contributed by atoms with van der Waals surface area (Å²) in [6.07, 6.45) is 0.360. The van der Waals surface area contributed by atoms with Gasteiger partial charge in [0.2, 0.25) is 5.91 Å². The number of anilines is 1. The standard InChI is InChI=1S/C21H21N3O4/c1-13-5-4-6-16(9-13)24-12-15(11-19(24)25)20-22-21(28-23-20)14-7-8-17(26-2)18(10-14)27-3/h4-10,15H,11-12H2,1-3H3. The molecule has 7 heteroatoms. The Balaban J connectivity index is 1.56. The van der Waals surface area contributed by atoms with Gasteiger partial charge in [-0.05, 0) is 42.8 Å². The van der Waals surface area contributed by atoms with E-state index in [4.69, 9.17) is 14.0 Å². The number of aryl methyl sites for hydroxylation is 1. The number of ether oxygens (including phenoxy) is 2. The van der Waals surface area contributed by atoms with Gasteiger partial charge in [-0.25, -0.2) is 0 Å². The molecule has 1 fully saturated rings. The molecule has 1 aliphatic rings. The van der Waals surface area contributed by atoms with E-state index in [0.717, 1.165) is 16.8 Å². The van der Waals surface area contributed by atoms with E-state index in [9.17, 15) is 4.79 Å². The molecular formula is C21H21N3O4. The average molecular weight is 379 g/mol. The summed E-state index contributed by atoms with van der Waals surface area (Å²) in [5.74, 6) is 2.09. The van der Waals surface area contributed by atoms with E-state index in [-0.39, 0.29) is 11.8 Å². The molecule has 1 amide bonds. The van der Waals surface area contributed by atoms with Gasteiger partial charge in [-0.1, -0.05) is 17.3 Å². The largest absolute Gasteiger partial charge is 0.493 e. The predicted octanol–water partition coefficient (Wildman–Crippen LogP) is 3.58. The number of aromatic nitrogens is 2. The fourth-order valence-electron chi connectivity index (χ4n) is 3.41. The first-order chi connectivity index (χ1) is 13.6. The van der Waals surface area contributed by atoms with Crippen LogP contribution in [-0.4, -0.2) is 36.8 Å². The van der Waals surface area contributed by atoms with Gasteiger partial charge in [-0.15, -0.1) is 0 Å². The van der Waals surface area contributed by atoms with Crippen LogP contribution >= 0.6 is 0 Å². The maximum atomic E-state index is 12.5. The van der Waals surface area contributed by atoms with E-state index in [1.54, 1.807) is 31.3 Å². The molecule has 2 heterocycles. The first-order valence-electron chi connectivity index (χ1n) is 9.02. The summed E-state index contributed by atoms with van der Waals surface area (Å²) < 4.78 is 16.0. The molecule has 0 saturated carbocycles. The number of amides is 1. The Morgan fingerprint density at radius 3 is 2.68 bits per heavy atom. The second kappa shape index (κ2) is 7.34. The van der Waals surface area contributed by atoms with Gasteiger partial charge in [0.1, 0.15) is 0 Å². The molecule has 144 valence electrons. The van der Waals surface area contributed by atoms with Gasteiger partial charge in [-0.3, -0.25) is 4.79 Å². The van der Waals surface area contributed by atoms with Gasteiger partial charge in [0.15, 0.2) is 17.3 Å². The van der Waals surface area contributed by atoms with E-state index in [2.05, 4.69) is 10.1 Å². The maximum Gasteiger partial charge on any atom is 0.258 e. The van der Waals surface area contributed by atoms with Crippen molar-refractivity contribution in [3.05, 3.63) is 53.9 Å². The highest BCUT2D eigenvalue weighted by atomic mass is 16.5. The maximum absolute atomic E-state index is 12.5. The Morgan fingerprint density at radius 1 is 1.11 bits per heavy atom. The van der Waals surface area contributed by atoms with Crippen LogP contribution in [0.15, 0.2) is 47.0 Å². The van der Waals surface area contributed by atoms with E-state index in [0.29, 0.717) is 36.2 Å². The summed E-state index contributed by atoms with van der Waals surface area (Å²) in [5, 5.41) is 4.12. The average Bonchev–Trinajstić information content (AvgIpc) is 3.34. The lowest BCUT2D eigenvalue weighted by molar-refractivity contribution is -0.117. The zero-order valence-electron chi connectivity index (χ0n) is 16.0. The molecule has 28 heavy (non-hydrogen) atoms. The number of hydrogen-bond donors (Lipinski definition) is 0. The Bertz CT molecular complexity index is 1010. The van der Waals surface area contributed by atoms with Crippen molar-refractivity contribution in [3.8, 4) is 23.0 Å². The summed E-state index contributed by atoms with van der Waals surface area (Å²) in [7, 11) is 3.16. The van der Waals surface area contributed by atoms with Gasteiger partial charge < -0.3 is 18.9 Å². The van der Waals surface area contributed by atoms with Crippen LogP contribution < -0.4 is 14.4 Å². The number of carbonyl (C=O) groups is 1. The lowest BCUT2D eigenvalue weighted by Gasteiger charge is -2.16. The minimum atomic E-state index is -0.106. The van der Waals surface area contributed by atoms with Crippen molar-refractivity contribution in [1.82, 2.24) is 10.1 Å². The van der Waals surface area contributed by atoms with Crippen LogP contribution in [0, 0.1) is 6.92 Å². The Morgan fingerprint density at radius 2 is 1.93 bits per heavy atom. The number of hydrogen-bond acceptors (Lipinski definition) is 6. The van der Waals surface area contributed by atoms with Gasteiger partial charge in [0.25, 0.3) is 5.89 Å².